The zero-order valence-electron chi connectivity index (χ0n) is 23.1. The lowest BCUT2D eigenvalue weighted by atomic mass is 10.1. The lowest BCUT2D eigenvalue weighted by Crippen LogP contribution is -2.38. The van der Waals surface area contributed by atoms with Gasteiger partial charge in [-0.1, -0.05) is 36.4 Å². The molecule has 0 radical (unpaired) electrons. The molecule has 3 heterocycles. The van der Waals surface area contributed by atoms with Crippen LogP contribution in [0.15, 0.2) is 54.9 Å². The number of aliphatic carboxylic acids is 1. The van der Waals surface area contributed by atoms with Crippen LogP contribution in [-0.4, -0.2) is 83.0 Å². The van der Waals surface area contributed by atoms with E-state index in [-0.39, 0.29) is 19.6 Å². The first kappa shape index (κ1) is 29.4. The van der Waals surface area contributed by atoms with Gasteiger partial charge in [-0.2, -0.15) is 0 Å². The molecule has 2 aromatic heterocycles. The smallest absolute Gasteiger partial charge is 0.326 e. The van der Waals surface area contributed by atoms with Crippen LogP contribution in [0, 0.1) is 0 Å². The first-order chi connectivity index (χ1) is 19.5. The molecule has 0 fully saturated rings. The van der Waals surface area contributed by atoms with Crippen molar-refractivity contribution >= 4 is 17.6 Å². The molecule has 0 aliphatic carbocycles. The van der Waals surface area contributed by atoms with Crippen LogP contribution >= 0.6 is 0 Å². The lowest BCUT2D eigenvalue weighted by Gasteiger charge is -2.26. The third-order valence-electron chi connectivity index (χ3n) is 7.00. The van der Waals surface area contributed by atoms with E-state index < -0.39 is 18.2 Å². The van der Waals surface area contributed by atoms with E-state index in [1.54, 1.807) is 6.07 Å². The number of carboxylic acids is 1. The molecule has 10 heteroatoms. The number of benzene rings is 1. The van der Waals surface area contributed by atoms with Crippen LogP contribution in [0.4, 0.5) is 16.0 Å². The monoisotopic (exact) mass is 550 g/mol. The first-order valence-corrected chi connectivity index (χ1v) is 14.0. The summed E-state index contributed by atoms with van der Waals surface area (Å²) in [6.07, 6.45) is 5.36. The van der Waals surface area contributed by atoms with Gasteiger partial charge in [0.25, 0.3) is 0 Å². The van der Waals surface area contributed by atoms with Gasteiger partial charge in [-0.15, -0.1) is 0 Å². The van der Waals surface area contributed by atoms with Crippen molar-refractivity contribution in [1.29, 1.82) is 0 Å². The SMILES string of the molecule is COC[C@@H](F)CN(CCCCc1ccc2c(n1)NCCC2)CCC(Nc1cc(-c2ccccc2)ncn1)C(=O)O. The van der Waals surface area contributed by atoms with Crippen LogP contribution in [0.5, 0.6) is 0 Å². The maximum absolute atomic E-state index is 14.5. The predicted octanol–water partition coefficient (Wildman–Crippen LogP) is 4.46. The fourth-order valence-corrected chi connectivity index (χ4v) is 4.91. The third-order valence-corrected chi connectivity index (χ3v) is 7.00. The molecule has 1 aliphatic heterocycles. The fraction of sp³-hybridized carbons (Fsp3) is 0.467. The Hall–Kier alpha value is -3.63. The van der Waals surface area contributed by atoms with Gasteiger partial charge in [0, 0.05) is 44.1 Å². The average molecular weight is 551 g/mol. The van der Waals surface area contributed by atoms with E-state index in [4.69, 9.17) is 9.72 Å². The highest BCUT2D eigenvalue weighted by Crippen LogP contribution is 2.21. The number of carbonyl (C=O) groups is 1. The number of ether oxygens (including phenoxy) is 1. The number of fused-ring (bicyclic) bond motifs is 1. The largest absolute Gasteiger partial charge is 0.480 e. The summed E-state index contributed by atoms with van der Waals surface area (Å²) in [5.41, 5.74) is 3.94. The molecule has 0 spiro atoms. The minimum atomic E-state index is -1.15. The van der Waals surface area contributed by atoms with E-state index in [2.05, 4.69) is 32.7 Å². The molecule has 1 aliphatic rings. The summed E-state index contributed by atoms with van der Waals surface area (Å²) in [5.74, 6) is 0.445. The Morgan fingerprint density at radius 3 is 2.83 bits per heavy atom. The number of nitrogens with zero attached hydrogens (tertiary/aromatic N) is 4. The first-order valence-electron chi connectivity index (χ1n) is 14.0. The van der Waals surface area contributed by atoms with Gasteiger partial charge in [-0.05, 0) is 56.7 Å². The van der Waals surface area contributed by atoms with Gasteiger partial charge in [-0.3, -0.25) is 0 Å². The third kappa shape index (κ3) is 8.96. The Bertz CT molecular complexity index is 1220. The zero-order valence-corrected chi connectivity index (χ0v) is 23.1. The van der Waals surface area contributed by atoms with Gasteiger partial charge >= 0.3 is 5.97 Å². The van der Waals surface area contributed by atoms with Crippen molar-refractivity contribution in [3.8, 4) is 11.3 Å². The summed E-state index contributed by atoms with van der Waals surface area (Å²) in [4.78, 5) is 27.4. The van der Waals surface area contributed by atoms with Crippen molar-refractivity contribution in [3.05, 3.63) is 66.1 Å². The van der Waals surface area contributed by atoms with Crippen molar-refractivity contribution in [1.82, 2.24) is 19.9 Å². The number of anilines is 2. The van der Waals surface area contributed by atoms with Gasteiger partial charge in [0.1, 0.15) is 30.2 Å². The van der Waals surface area contributed by atoms with Crippen LogP contribution < -0.4 is 10.6 Å². The Labute approximate surface area is 235 Å². The Kier molecular flexibility index (Phi) is 11.2. The second-order valence-electron chi connectivity index (χ2n) is 10.1. The minimum Gasteiger partial charge on any atom is -0.480 e. The number of aromatic nitrogens is 3. The highest BCUT2D eigenvalue weighted by atomic mass is 19.1. The predicted molar refractivity (Wildman–Crippen MR) is 154 cm³/mol. The Balaban J connectivity index is 1.32. The molecule has 0 bridgehead atoms. The molecule has 2 atom stereocenters. The molecular formula is C30H39FN6O3. The molecule has 1 aromatic carbocycles. The molecule has 40 heavy (non-hydrogen) atoms. The molecule has 0 amide bonds. The van der Waals surface area contributed by atoms with Gasteiger partial charge in [0.15, 0.2) is 0 Å². The molecule has 3 aromatic rings. The molecule has 0 saturated carbocycles. The average Bonchev–Trinajstić information content (AvgIpc) is 2.97. The standard InChI is InChI=1S/C30H39FN6O3/c1-40-20-24(31)19-37(16-6-5-11-25-13-12-23-10-7-15-32-29(23)35-25)17-14-26(30(38)39)36-28-18-27(33-21-34-28)22-8-3-2-4-9-22/h2-4,8-9,12-13,18,21,24,26H,5-7,10-11,14-17,19-20H2,1H3,(H,32,35)(H,38,39)(H,33,34,36)/t24-,26?/m0/s1. The van der Waals surface area contributed by atoms with Gasteiger partial charge < -0.3 is 25.4 Å². The van der Waals surface area contributed by atoms with Crippen molar-refractivity contribution in [3.63, 3.8) is 0 Å². The molecule has 4 rings (SSSR count). The second kappa shape index (κ2) is 15.2. The van der Waals surface area contributed by atoms with Crippen molar-refractivity contribution in [2.24, 2.45) is 0 Å². The Morgan fingerprint density at radius 1 is 1.18 bits per heavy atom. The number of halogens is 1. The number of methoxy groups -OCH3 is 1. The number of rotatable bonds is 16. The zero-order chi connectivity index (χ0) is 28.2. The number of alkyl halides is 1. The number of nitrogens with one attached hydrogen (secondary N) is 2. The van der Waals surface area contributed by atoms with E-state index in [9.17, 15) is 14.3 Å². The van der Waals surface area contributed by atoms with E-state index in [0.717, 1.165) is 55.7 Å². The lowest BCUT2D eigenvalue weighted by molar-refractivity contribution is -0.138. The molecule has 9 nitrogen and oxygen atoms in total. The van der Waals surface area contributed by atoms with Gasteiger partial charge in [0.2, 0.25) is 0 Å². The van der Waals surface area contributed by atoms with E-state index in [1.807, 2.05) is 35.2 Å². The summed E-state index contributed by atoms with van der Waals surface area (Å²) >= 11 is 0. The van der Waals surface area contributed by atoms with Gasteiger partial charge in [-0.25, -0.2) is 24.1 Å². The summed E-state index contributed by atoms with van der Waals surface area (Å²) < 4.78 is 19.5. The summed E-state index contributed by atoms with van der Waals surface area (Å²) in [6.45, 7) is 2.23. The number of aryl methyl sites for hydroxylation is 2. The Morgan fingerprint density at radius 2 is 2.02 bits per heavy atom. The number of unbranched alkanes of at least 4 members (excludes halogenated alkanes) is 1. The fourth-order valence-electron chi connectivity index (χ4n) is 4.91. The highest BCUT2D eigenvalue weighted by molar-refractivity contribution is 5.77. The quantitative estimate of drug-likeness (QED) is 0.223. The van der Waals surface area contributed by atoms with Crippen LogP contribution in [-0.2, 0) is 22.4 Å². The van der Waals surface area contributed by atoms with Crippen LogP contribution in [0.25, 0.3) is 11.3 Å². The van der Waals surface area contributed by atoms with Crippen LogP contribution in [0.3, 0.4) is 0 Å². The summed E-state index contributed by atoms with van der Waals surface area (Å²) in [7, 11) is 1.48. The summed E-state index contributed by atoms with van der Waals surface area (Å²) in [6, 6.07) is 14.7. The number of hydrogen-bond acceptors (Lipinski definition) is 8. The van der Waals surface area contributed by atoms with Crippen molar-refractivity contribution in [2.45, 2.75) is 50.7 Å². The molecule has 3 N–H and O–H groups in total. The normalized spacial score (nSPS) is 14.3. The molecule has 1 unspecified atom stereocenters. The number of pyridine rings is 1. The highest BCUT2D eigenvalue weighted by Gasteiger charge is 2.21. The number of carboxylic acid groups (broad SMARTS) is 1. The topological polar surface area (TPSA) is 113 Å². The maximum Gasteiger partial charge on any atom is 0.326 e. The van der Waals surface area contributed by atoms with Crippen molar-refractivity contribution in [2.75, 3.05) is 50.5 Å². The van der Waals surface area contributed by atoms with Crippen molar-refractivity contribution < 1.29 is 19.0 Å². The summed E-state index contributed by atoms with van der Waals surface area (Å²) in [5, 5.41) is 16.3. The molecule has 214 valence electrons. The minimum absolute atomic E-state index is 0.00630. The van der Waals surface area contributed by atoms with Crippen LogP contribution in [0.1, 0.15) is 36.9 Å². The van der Waals surface area contributed by atoms with Crippen LogP contribution in [0.2, 0.25) is 0 Å². The molecule has 0 saturated heterocycles. The van der Waals surface area contributed by atoms with E-state index in [1.165, 1.54) is 19.0 Å². The van der Waals surface area contributed by atoms with E-state index >= 15 is 0 Å². The van der Waals surface area contributed by atoms with E-state index in [0.29, 0.717) is 24.6 Å². The maximum atomic E-state index is 14.5. The van der Waals surface area contributed by atoms with Gasteiger partial charge in [0.05, 0.1) is 12.3 Å². The second-order valence-corrected chi connectivity index (χ2v) is 10.1. The molecular weight excluding hydrogens is 511 g/mol. The number of hydrogen-bond donors (Lipinski definition) is 3.